The number of nitrogens with one attached hydrogen (secondary N) is 1. The number of carbonyl (C=O) groups is 1. The molecule has 1 aliphatic rings. The number of carbonyl (C=O) groups excluding carboxylic acids is 1. The van der Waals surface area contributed by atoms with Crippen LogP contribution in [0.15, 0.2) is 48.9 Å². The first-order valence-electron chi connectivity index (χ1n) is 12.2. The molecule has 11 heteroatoms. The van der Waals surface area contributed by atoms with Crippen molar-refractivity contribution in [2.45, 2.75) is 24.8 Å². The number of hydrogen-bond acceptors (Lipinski definition) is 7. The second-order valence-electron chi connectivity index (χ2n) is 9.50. The van der Waals surface area contributed by atoms with Crippen LogP contribution in [0.2, 0.25) is 0 Å². The van der Waals surface area contributed by atoms with Gasteiger partial charge in [-0.05, 0) is 42.2 Å². The van der Waals surface area contributed by atoms with E-state index >= 15 is 0 Å². The van der Waals surface area contributed by atoms with E-state index in [1.807, 2.05) is 16.5 Å². The molecule has 0 bridgehead atoms. The number of ether oxygens (including phenoxy) is 1. The minimum Gasteiger partial charge on any atom is -0.494 e. The van der Waals surface area contributed by atoms with Gasteiger partial charge in [0.25, 0.3) is 0 Å². The Labute approximate surface area is 218 Å². The number of rotatable bonds is 6. The Bertz CT molecular complexity index is 1520. The van der Waals surface area contributed by atoms with Crippen molar-refractivity contribution in [2.75, 3.05) is 37.9 Å². The van der Waals surface area contributed by atoms with Gasteiger partial charge in [-0.25, -0.2) is 18.7 Å². The minimum atomic E-state index is -1.04. The summed E-state index contributed by atoms with van der Waals surface area (Å²) < 4.78 is 36.3. The van der Waals surface area contributed by atoms with E-state index in [-0.39, 0.29) is 17.2 Å². The van der Waals surface area contributed by atoms with Crippen molar-refractivity contribution in [1.29, 1.82) is 0 Å². The molecule has 0 radical (unpaired) electrons. The first-order valence-corrected chi connectivity index (χ1v) is 12.2. The van der Waals surface area contributed by atoms with Gasteiger partial charge in [0.15, 0.2) is 23.0 Å². The van der Waals surface area contributed by atoms with Crippen molar-refractivity contribution in [3.63, 3.8) is 0 Å². The molecule has 5 N–H and O–H groups in total. The number of halogens is 2. The predicted molar refractivity (Wildman–Crippen MR) is 141 cm³/mol. The summed E-state index contributed by atoms with van der Waals surface area (Å²) in [7, 11) is 2.86. The average Bonchev–Trinajstić information content (AvgIpc) is 3.33. The highest BCUT2D eigenvalue weighted by molar-refractivity contribution is 5.87. The van der Waals surface area contributed by atoms with Crippen LogP contribution in [0.3, 0.4) is 0 Å². The summed E-state index contributed by atoms with van der Waals surface area (Å²) in [5.74, 6) is -1.34. The summed E-state index contributed by atoms with van der Waals surface area (Å²) in [4.78, 5) is 23.1. The van der Waals surface area contributed by atoms with E-state index in [0.717, 1.165) is 35.5 Å². The molecule has 1 atom stereocenters. The number of piperidine rings is 1. The summed E-state index contributed by atoms with van der Waals surface area (Å²) in [6, 6.07) is 7.60. The van der Waals surface area contributed by atoms with Gasteiger partial charge in [0.1, 0.15) is 11.4 Å². The molecule has 9 nitrogen and oxygen atoms in total. The van der Waals surface area contributed by atoms with Gasteiger partial charge in [-0.2, -0.15) is 0 Å². The third kappa shape index (κ3) is 4.49. The van der Waals surface area contributed by atoms with Crippen LogP contribution in [0.25, 0.3) is 16.8 Å². The van der Waals surface area contributed by atoms with Crippen LogP contribution in [0.5, 0.6) is 5.75 Å². The number of nitrogen functional groups attached to an aromatic ring is 1. The molecule has 198 valence electrons. The Kier molecular flexibility index (Phi) is 6.62. The van der Waals surface area contributed by atoms with Crippen molar-refractivity contribution < 1.29 is 18.3 Å². The molecular weight excluding hydrogens is 492 g/mol. The van der Waals surface area contributed by atoms with E-state index in [0.29, 0.717) is 43.0 Å². The highest BCUT2D eigenvalue weighted by Crippen LogP contribution is 2.35. The Morgan fingerprint density at radius 1 is 1.21 bits per heavy atom. The molecule has 5 rings (SSSR count). The zero-order valence-electron chi connectivity index (χ0n) is 21.2. The highest BCUT2D eigenvalue weighted by Gasteiger charge is 2.38. The maximum Gasteiger partial charge on any atom is 0.241 e. The number of likely N-dealkylation sites (N-methyl/N-ethyl adjacent to an activating group) is 1. The summed E-state index contributed by atoms with van der Waals surface area (Å²) >= 11 is 0. The van der Waals surface area contributed by atoms with E-state index in [1.54, 1.807) is 31.7 Å². The van der Waals surface area contributed by atoms with E-state index in [4.69, 9.17) is 16.2 Å². The fourth-order valence-corrected chi connectivity index (χ4v) is 5.15. The molecule has 2 aromatic heterocycles. The molecule has 0 saturated carbocycles. The Morgan fingerprint density at radius 2 is 2.03 bits per heavy atom. The van der Waals surface area contributed by atoms with Crippen LogP contribution in [0.4, 0.5) is 20.3 Å². The van der Waals surface area contributed by atoms with Crippen LogP contribution in [-0.4, -0.2) is 53.1 Å². The van der Waals surface area contributed by atoms with Gasteiger partial charge in [-0.1, -0.05) is 6.07 Å². The number of nitrogens with two attached hydrogens (primary N) is 2. The molecule has 4 aromatic rings. The standard InChI is InChI=1S/C27H29F2N7O2/c1-32-26(37)27(31)6-3-8-35(15-27)22-5-4-16(19-12-21(29)23(38-2)13-20(19)28)10-17(22)11-18-14-34-25-24(30)33-7-9-36(18)25/h4-5,7,9-10,12-14H,3,6,8,11,15,31H2,1-2H3,(H2,30,33)(H,32,37). The first-order chi connectivity index (χ1) is 18.2. The van der Waals surface area contributed by atoms with Crippen LogP contribution in [0.1, 0.15) is 24.1 Å². The maximum absolute atomic E-state index is 15.0. The molecule has 2 aromatic carbocycles. The lowest BCUT2D eigenvalue weighted by Crippen LogP contribution is -2.62. The lowest BCUT2D eigenvalue weighted by molar-refractivity contribution is -0.126. The predicted octanol–water partition coefficient (Wildman–Crippen LogP) is 2.90. The molecule has 38 heavy (non-hydrogen) atoms. The fourth-order valence-electron chi connectivity index (χ4n) is 5.15. The van der Waals surface area contributed by atoms with Crippen LogP contribution in [-0.2, 0) is 11.2 Å². The number of methoxy groups -OCH3 is 1. The van der Waals surface area contributed by atoms with E-state index in [2.05, 4.69) is 20.2 Å². The normalized spacial score (nSPS) is 17.6. The van der Waals surface area contributed by atoms with Crippen LogP contribution < -0.4 is 26.4 Å². The van der Waals surface area contributed by atoms with Gasteiger partial charge >= 0.3 is 0 Å². The van der Waals surface area contributed by atoms with E-state index in [1.165, 1.54) is 7.11 Å². The Hall–Kier alpha value is -4.25. The maximum atomic E-state index is 15.0. The number of amides is 1. The van der Waals surface area contributed by atoms with Crippen LogP contribution in [0, 0.1) is 11.6 Å². The van der Waals surface area contributed by atoms with Gasteiger partial charge in [0.05, 0.1) is 7.11 Å². The van der Waals surface area contributed by atoms with Crippen molar-refractivity contribution in [1.82, 2.24) is 19.7 Å². The van der Waals surface area contributed by atoms with Gasteiger partial charge in [-0.3, -0.25) is 9.20 Å². The minimum absolute atomic E-state index is 0.111. The summed E-state index contributed by atoms with van der Waals surface area (Å²) in [6.07, 6.45) is 6.77. The summed E-state index contributed by atoms with van der Waals surface area (Å²) in [5.41, 5.74) is 15.1. The zero-order valence-corrected chi connectivity index (χ0v) is 21.2. The van der Waals surface area contributed by atoms with Gasteiger partial charge in [-0.15, -0.1) is 0 Å². The lowest BCUT2D eigenvalue weighted by atomic mass is 9.88. The molecule has 3 heterocycles. The van der Waals surface area contributed by atoms with Crippen molar-refractivity contribution in [2.24, 2.45) is 5.73 Å². The molecule has 1 unspecified atom stereocenters. The monoisotopic (exact) mass is 521 g/mol. The number of benzene rings is 2. The second-order valence-corrected chi connectivity index (χ2v) is 9.50. The number of fused-ring (bicyclic) bond motifs is 1. The number of nitrogens with zero attached hydrogens (tertiary/aromatic N) is 4. The highest BCUT2D eigenvalue weighted by atomic mass is 19.1. The van der Waals surface area contributed by atoms with Gasteiger partial charge < -0.3 is 26.4 Å². The molecule has 1 fully saturated rings. The Balaban J connectivity index is 1.61. The number of hydrogen-bond donors (Lipinski definition) is 3. The summed E-state index contributed by atoms with van der Waals surface area (Å²) in [5, 5.41) is 2.67. The topological polar surface area (TPSA) is 124 Å². The molecule has 0 spiro atoms. The van der Waals surface area contributed by atoms with E-state index < -0.39 is 17.2 Å². The first kappa shape index (κ1) is 25.4. The van der Waals surface area contributed by atoms with Gasteiger partial charge in [0, 0.05) is 68.2 Å². The molecular formula is C27H29F2N7O2. The smallest absolute Gasteiger partial charge is 0.241 e. The zero-order chi connectivity index (χ0) is 27.0. The molecule has 1 amide bonds. The second kappa shape index (κ2) is 9.90. The molecule has 1 saturated heterocycles. The van der Waals surface area contributed by atoms with Crippen molar-refractivity contribution in [3.05, 3.63) is 71.8 Å². The van der Waals surface area contributed by atoms with Crippen LogP contribution >= 0.6 is 0 Å². The van der Waals surface area contributed by atoms with E-state index in [9.17, 15) is 13.6 Å². The number of aromatic nitrogens is 3. The van der Waals surface area contributed by atoms with Crippen molar-refractivity contribution in [3.8, 4) is 16.9 Å². The third-order valence-electron chi connectivity index (χ3n) is 7.08. The molecule has 0 aliphatic carbocycles. The largest absolute Gasteiger partial charge is 0.494 e. The quantitative estimate of drug-likeness (QED) is 0.356. The Morgan fingerprint density at radius 3 is 2.79 bits per heavy atom. The van der Waals surface area contributed by atoms with Gasteiger partial charge in [0.2, 0.25) is 5.91 Å². The molecule has 1 aliphatic heterocycles. The third-order valence-corrected chi connectivity index (χ3v) is 7.08. The number of imidazole rings is 1. The SMILES string of the molecule is CNC(=O)C1(N)CCCN(c2ccc(-c3cc(F)c(OC)cc3F)cc2Cc2cnc3c(N)nccn23)C1. The fraction of sp³-hybridized carbons (Fsp3) is 0.296. The number of anilines is 2. The lowest BCUT2D eigenvalue weighted by Gasteiger charge is -2.40. The van der Waals surface area contributed by atoms with Crippen molar-refractivity contribution >= 4 is 23.1 Å². The summed E-state index contributed by atoms with van der Waals surface area (Å²) in [6.45, 7) is 1.01. The average molecular weight is 522 g/mol.